The summed E-state index contributed by atoms with van der Waals surface area (Å²) in [5.74, 6) is 1.08. The average Bonchev–Trinajstić information content (AvgIpc) is 3.21. The molecule has 7 nitrogen and oxygen atoms in total. The molecule has 166 valence electrons. The van der Waals surface area contributed by atoms with Gasteiger partial charge in [-0.15, -0.1) is 0 Å². The fraction of sp³-hybridized carbons (Fsp3) is 0.208. The number of aryl methyl sites for hydroxylation is 2. The summed E-state index contributed by atoms with van der Waals surface area (Å²) < 4.78 is 41.7. The minimum atomic E-state index is -3.84. The van der Waals surface area contributed by atoms with Crippen LogP contribution in [0.3, 0.4) is 0 Å². The molecule has 8 heteroatoms. The number of pyridine rings is 1. The van der Waals surface area contributed by atoms with Crippen molar-refractivity contribution in [3.05, 3.63) is 72.1 Å². The first-order valence-electron chi connectivity index (χ1n) is 10.2. The summed E-state index contributed by atoms with van der Waals surface area (Å²) in [6.07, 6.45) is 3.85. The van der Waals surface area contributed by atoms with E-state index < -0.39 is 10.0 Å². The van der Waals surface area contributed by atoms with E-state index in [9.17, 15) is 8.42 Å². The van der Waals surface area contributed by atoms with Crippen molar-refractivity contribution in [3.63, 3.8) is 0 Å². The zero-order valence-corrected chi connectivity index (χ0v) is 19.2. The molecule has 0 atom stereocenters. The van der Waals surface area contributed by atoms with E-state index in [1.807, 2.05) is 55.8 Å². The van der Waals surface area contributed by atoms with E-state index in [1.54, 1.807) is 24.3 Å². The fourth-order valence-electron chi connectivity index (χ4n) is 3.55. The van der Waals surface area contributed by atoms with Crippen molar-refractivity contribution in [1.82, 2.24) is 9.38 Å². The molecule has 2 heterocycles. The molecule has 4 rings (SSSR count). The van der Waals surface area contributed by atoms with Crippen molar-refractivity contribution < 1.29 is 17.9 Å². The molecular formula is C24H25N3O4S. The van der Waals surface area contributed by atoms with Crippen LogP contribution in [0.4, 0.5) is 5.69 Å². The number of rotatable bonds is 7. The van der Waals surface area contributed by atoms with Gasteiger partial charge in [0, 0.05) is 18.0 Å². The van der Waals surface area contributed by atoms with Crippen LogP contribution in [0.25, 0.3) is 16.9 Å². The summed E-state index contributed by atoms with van der Waals surface area (Å²) in [6.45, 7) is 6.21. The summed E-state index contributed by atoms with van der Waals surface area (Å²) in [6, 6.07) is 14.1. The maximum atomic E-state index is 13.1. The molecule has 0 aliphatic carbocycles. The van der Waals surface area contributed by atoms with E-state index >= 15 is 0 Å². The molecule has 2 aromatic carbocycles. The third-order valence-corrected chi connectivity index (χ3v) is 6.54. The lowest BCUT2D eigenvalue weighted by atomic mass is 10.1. The number of hydrogen-bond acceptors (Lipinski definition) is 5. The summed E-state index contributed by atoms with van der Waals surface area (Å²) in [5.41, 5.74) is 4.50. The predicted molar refractivity (Wildman–Crippen MR) is 125 cm³/mol. The Hall–Kier alpha value is -3.52. The second-order valence-corrected chi connectivity index (χ2v) is 9.11. The molecule has 0 aliphatic heterocycles. The maximum absolute atomic E-state index is 13.1. The Morgan fingerprint density at radius 3 is 2.50 bits per heavy atom. The number of ether oxygens (including phenoxy) is 2. The van der Waals surface area contributed by atoms with E-state index in [0.29, 0.717) is 23.8 Å². The maximum Gasteiger partial charge on any atom is 0.262 e. The van der Waals surface area contributed by atoms with Gasteiger partial charge in [0.25, 0.3) is 10.0 Å². The van der Waals surface area contributed by atoms with E-state index in [0.717, 1.165) is 28.0 Å². The molecule has 0 amide bonds. The van der Waals surface area contributed by atoms with Gasteiger partial charge in [-0.25, -0.2) is 13.4 Å². The van der Waals surface area contributed by atoms with Gasteiger partial charge in [-0.2, -0.15) is 0 Å². The largest absolute Gasteiger partial charge is 0.495 e. The van der Waals surface area contributed by atoms with Gasteiger partial charge in [0.2, 0.25) is 0 Å². The van der Waals surface area contributed by atoms with E-state index in [-0.39, 0.29) is 4.90 Å². The van der Waals surface area contributed by atoms with Crippen LogP contribution in [0, 0.1) is 13.8 Å². The number of anilines is 1. The Morgan fingerprint density at radius 1 is 1.03 bits per heavy atom. The van der Waals surface area contributed by atoms with Crippen molar-refractivity contribution in [3.8, 4) is 22.8 Å². The molecule has 0 unspecified atom stereocenters. The number of hydrogen-bond donors (Lipinski definition) is 1. The number of nitrogens with one attached hydrogen (secondary N) is 1. The number of benzene rings is 2. The number of fused-ring (bicyclic) bond motifs is 1. The molecule has 1 N–H and O–H groups in total. The Balaban J connectivity index is 1.71. The highest BCUT2D eigenvalue weighted by Gasteiger charge is 2.19. The van der Waals surface area contributed by atoms with Gasteiger partial charge < -0.3 is 13.9 Å². The molecule has 0 fully saturated rings. The first-order valence-corrected chi connectivity index (χ1v) is 11.7. The average molecular weight is 452 g/mol. The van der Waals surface area contributed by atoms with Crippen LogP contribution in [0.2, 0.25) is 0 Å². The van der Waals surface area contributed by atoms with Crippen molar-refractivity contribution >= 4 is 21.4 Å². The lowest BCUT2D eigenvalue weighted by Gasteiger charge is -2.14. The van der Waals surface area contributed by atoms with Crippen LogP contribution < -0.4 is 14.2 Å². The third kappa shape index (κ3) is 4.13. The molecule has 0 saturated carbocycles. The number of aromatic nitrogens is 2. The Morgan fingerprint density at radius 2 is 1.81 bits per heavy atom. The van der Waals surface area contributed by atoms with Crippen molar-refractivity contribution in [2.24, 2.45) is 0 Å². The molecule has 32 heavy (non-hydrogen) atoms. The number of nitrogens with zero attached hydrogens (tertiary/aromatic N) is 2. The van der Waals surface area contributed by atoms with Crippen molar-refractivity contribution in [2.75, 3.05) is 18.4 Å². The van der Waals surface area contributed by atoms with Crippen LogP contribution in [-0.2, 0) is 10.0 Å². The Bertz CT molecular complexity index is 1390. The Labute approximate surface area is 187 Å². The summed E-state index contributed by atoms with van der Waals surface area (Å²) in [4.78, 5) is 4.85. The molecule has 0 spiro atoms. The molecule has 0 radical (unpaired) electrons. The lowest BCUT2D eigenvalue weighted by molar-refractivity contribution is 0.337. The second-order valence-electron chi connectivity index (χ2n) is 7.43. The first kappa shape index (κ1) is 21.7. The van der Waals surface area contributed by atoms with Gasteiger partial charge in [-0.05, 0) is 74.4 Å². The minimum Gasteiger partial charge on any atom is -0.495 e. The van der Waals surface area contributed by atoms with Crippen LogP contribution in [0.15, 0.2) is 65.8 Å². The normalized spacial score (nSPS) is 11.5. The summed E-state index contributed by atoms with van der Waals surface area (Å²) in [7, 11) is -2.34. The predicted octanol–water partition coefficient (Wildman–Crippen LogP) is 4.83. The minimum absolute atomic E-state index is 0.147. The first-order chi connectivity index (χ1) is 15.3. The van der Waals surface area contributed by atoms with Gasteiger partial charge in [-0.3, -0.25) is 4.72 Å². The molecular weight excluding hydrogens is 426 g/mol. The monoisotopic (exact) mass is 451 g/mol. The smallest absolute Gasteiger partial charge is 0.262 e. The van der Waals surface area contributed by atoms with Crippen molar-refractivity contribution in [2.45, 2.75) is 25.7 Å². The van der Waals surface area contributed by atoms with Crippen LogP contribution >= 0.6 is 0 Å². The zero-order valence-electron chi connectivity index (χ0n) is 18.4. The molecule has 0 saturated heterocycles. The van der Waals surface area contributed by atoms with Crippen LogP contribution in [-0.4, -0.2) is 31.5 Å². The van der Waals surface area contributed by atoms with Gasteiger partial charge in [0.15, 0.2) is 0 Å². The standard InChI is InChI=1S/C24H25N3O4S/c1-5-31-22-11-9-19(13-17(22)3)32(28,29)26-20-14-18(8-10-23(20)30-4)21-15-27-12-6-7-16(2)24(27)25-21/h6-15,26H,5H2,1-4H3. The van der Waals surface area contributed by atoms with E-state index in [4.69, 9.17) is 14.5 Å². The summed E-state index contributed by atoms with van der Waals surface area (Å²) in [5, 5.41) is 0. The topological polar surface area (TPSA) is 81.9 Å². The fourth-order valence-corrected chi connectivity index (χ4v) is 4.70. The summed E-state index contributed by atoms with van der Waals surface area (Å²) >= 11 is 0. The van der Waals surface area contributed by atoms with Gasteiger partial charge in [-0.1, -0.05) is 6.07 Å². The van der Waals surface area contributed by atoms with Gasteiger partial charge in [0.05, 0.1) is 30.0 Å². The molecule has 0 aliphatic rings. The number of methoxy groups -OCH3 is 1. The van der Waals surface area contributed by atoms with E-state index in [1.165, 1.54) is 13.2 Å². The zero-order chi connectivity index (χ0) is 22.9. The van der Waals surface area contributed by atoms with Crippen LogP contribution in [0.1, 0.15) is 18.1 Å². The highest BCUT2D eigenvalue weighted by Crippen LogP contribution is 2.33. The third-order valence-electron chi connectivity index (χ3n) is 5.17. The van der Waals surface area contributed by atoms with Gasteiger partial charge >= 0.3 is 0 Å². The Kier molecular flexibility index (Phi) is 5.80. The van der Waals surface area contributed by atoms with E-state index in [2.05, 4.69) is 4.72 Å². The lowest BCUT2D eigenvalue weighted by Crippen LogP contribution is -2.14. The van der Waals surface area contributed by atoms with Crippen LogP contribution in [0.5, 0.6) is 11.5 Å². The SMILES string of the molecule is CCOc1ccc(S(=O)(=O)Nc2cc(-c3cn4cccc(C)c4n3)ccc2OC)cc1C. The molecule has 0 bridgehead atoms. The highest BCUT2D eigenvalue weighted by molar-refractivity contribution is 7.92. The van der Waals surface area contributed by atoms with Gasteiger partial charge in [0.1, 0.15) is 17.1 Å². The number of sulfonamides is 1. The van der Waals surface area contributed by atoms with Crippen molar-refractivity contribution in [1.29, 1.82) is 0 Å². The quantitative estimate of drug-likeness (QED) is 0.435. The second kappa shape index (κ2) is 8.55. The molecule has 4 aromatic rings. The highest BCUT2D eigenvalue weighted by atomic mass is 32.2. The molecule has 2 aromatic heterocycles. The number of imidazole rings is 1.